The molecule has 0 aliphatic carbocycles. The van der Waals surface area contributed by atoms with Crippen molar-refractivity contribution in [3.05, 3.63) is 0 Å². The van der Waals surface area contributed by atoms with Crippen molar-refractivity contribution in [1.82, 2.24) is 10.2 Å². The van der Waals surface area contributed by atoms with Crippen LogP contribution in [0.3, 0.4) is 0 Å². The van der Waals surface area contributed by atoms with Crippen LogP contribution < -0.4 is 11.1 Å². The lowest BCUT2D eigenvalue weighted by molar-refractivity contribution is -0.147. The predicted molar refractivity (Wildman–Crippen MR) is 74.7 cm³/mol. The minimum atomic E-state index is -0.477. The topological polar surface area (TPSA) is 102 Å². The molecule has 0 aliphatic rings. The fraction of sp³-hybridized carbons (Fsp3) is 0.769. The molecule has 0 saturated carbocycles. The third kappa shape index (κ3) is 7.08. The van der Waals surface area contributed by atoms with Crippen LogP contribution in [0.2, 0.25) is 0 Å². The van der Waals surface area contributed by atoms with E-state index >= 15 is 0 Å². The SMILES string of the molecule is CCC(CC)CN(CC(=O)OC)C(=O)CNC(=O)CN. The minimum absolute atomic E-state index is 0.107. The van der Waals surface area contributed by atoms with E-state index in [1.165, 1.54) is 12.0 Å². The molecule has 0 bridgehead atoms. The lowest BCUT2D eigenvalue weighted by atomic mass is 10.0. The van der Waals surface area contributed by atoms with Gasteiger partial charge in [-0.2, -0.15) is 0 Å². The maximum absolute atomic E-state index is 12.0. The van der Waals surface area contributed by atoms with Crippen molar-refractivity contribution in [2.24, 2.45) is 11.7 Å². The van der Waals surface area contributed by atoms with Crippen LogP contribution in [0, 0.1) is 5.92 Å². The molecule has 0 aliphatic heterocycles. The molecular weight excluding hydrogens is 262 g/mol. The van der Waals surface area contributed by atoms with E-state index in [2.05, 4.69) is 10.1 Å². The summed E-state index contributed by atoms with van der Waals surface area (Å²) in [7, 11) is 1.28. The van der Waals surface area contributed by atoms with Crippen LogP contribution in [0.4, 0.5) is 0 Å². The van der Waals surface area contributed by atoms with Crippen LogP contribution in [0.25, 0.3) is 0 Å². The van der Waals surface area contributed by atoms with Gasteiger partial charge < -0.3 is 20.7 Å². The van der Waals surface area contributed by atoms with Gasteiger partial charge in [0.15, 0.2) is 0 Å². The molecule has 0 saturated heterocycles. The second kappa shape index (κ2) is 10.2. The molecule has 116 valence electrons. The highest BCUT2D eigenvalue weighted by Gasteiger charge is 2.20. The number of ether oxygens (including phenoxy) is 1. The summed E-state index contributed by atoms with van der Waals surface area (Å²) < 4.78 is 4.59. The van der Waals surface area contributed by atoms with Gasteiger partial charge >= 0.3 is 5.97 Å². The number of amides is 2. The summed E-state index contributed by atoms with van der Waals surface area (Å²) in [5.41, 5.74) is 5.15. The first-order valence-electron chi connectivity index (χ1n) is 6.79. The average molecular weight is 287 g/mol. The third-order valence-electron chi connectivity index (χ3n) is 3.16. The molecule has 20 heavy (non-hydrogen) atoms. The van der Waals surface area contributed by atoms with Crippen molar-refractivity contribution in [1.29, 1.82) is 0 Å². The standard InChI is InChI=1S/C13H25N3O4/c1-4-10(5-2)8-16(9-13(19)20-3)12(18)7-15-11(17)6-14/h10H,4-9,14H2,1-3H3,(H,15,17). The molecule has 0 aromatic rings. The van der Waals surface area contributed by atoms with Gasteiger partial charge in [-0.1, -0.05) is 26.7 Å². The number of nitrogens with two attached hydrogens (primary N) is 1. The van der Waals surface area contributed by atoms with Crippen LogP contribution in [0.5, 0.6) is 0 Å². The van der Waals surface area contributed by atoms with E-state index in [4.69, 9.17) is 5.73 Å². The van der Waals surface area contributed by atoms with Gasteiger partial charge in [0.1, 0.15) is 6.54 Å². The Morgan fingerprint density at radius 1 is 1.25 bits per heavy atom. The summed E-state index contributed by atoms with van der Waals surface area (Å²) in [5.74, 6) is -0.883. The molecule has 0 radical (unpaired) electrons. The van der Waals surface area contributed by atoms with Crippen molar-refractivity contribution in [2.45, 2.75) is 26.7 Å². The van der Waals surface area contributed by atoms with Gasteiger partial charge in [-0.3, -0.25) is 14.4 Å². The second-order valence-electron chi connectivity index (χ2n) is 4.51. The number of rotatable bonds is 9. The molecule has 7 nitrogen and oxygen atoms in total. The second-order valence-corrected chi connectivity index (χ2v) is 4.51. The van der Waals surface area contributed by atoms with E-state index in [-0.39, 0.29) is 25.5 Å². The predicted octanol–water partition coefficient (Wildman–Crippen LogP) is -0.501. The van der Waals surface area contributed by atoms with Crippen LogP contribution in [-0.2, 0) is 19.1 Å². The molecule has 3 N–H and O–H groups in total. The Morgan fingerprint density at radius 2 is 1.85 bits per heavy atom. The summed E-state index contributed by atoms with van der Waals surface area (Å²) in [6.45, 7) is 4.10. The largest absolute Gasteiger partial charge is 0.468 e. The van der Waals surface area contributed by atoms with Gasteiger partial charge in [-0.15, -0.1) is 0 Å². The smallest absolute Gasteiger partial charge is 0.325 e. The van der Waals surface area contributed by atoms with Gasteiger partial charge in [0.25, 0.3) is 0 Å². The Hall–Kier alpha value is -1.63. The quantitative estimate of drug-likeness (QED) is 0.557. The Labute approximate surface area is 119 Å². The normalized spacial score (nSPS) is 10.2. The molecule has 0 aromatic heterocycles. The van der Waals surface area contributed by atoms with Gasteiger partial charge in [-0.25, -0.2) is 0 Å². The maximum atomic E-state index is 12.0. The maximum Gasteiger partial charge on any atom is 0.325 e. The van der Waals surface area contributed by atoms with Crippen LogP contribution in [-0.4, -0.2) is 56.0 Å². The van der Waals surface area contributed by atoms with E-state index in [1.54, 1.807) is 0 Å². The zero-order chi connectivity index (χ0) is 15.5. The summed E-state index contributed by atoms with van der Waals surface area (Å²) >= 11 is 0. The van der Waals surface area contributed by atoms with Crippen LogP contribution in [0.15, 0.2) is 0 Å². The van der Waals surface area contributed by atoms with Gasteiger partial charge in [0.2, 0.25) is 11.8 Å². The lowest BCUT2D eigenvalue weighted by Crippen LogP contribution is -2.45. The van der Waals surface area contributed by atoms with Crippen LogP contribution in [0.1, 0.15) is 26.7 Å². The van der Waals surface area contributed by atoms with Gasteiger partial charge in [-0.05, 0) is 5.92 Å². The Morgan fingerprint density at radius 3 is 2.30 bits per heavy atom. The summed E-state index contributed by atoms with van der Waals surface area (Å²) in [5, 5.41) is 2.41. The number of carbonyl (C=O) groups excluding carboxylic acids is 3. The number of nitrogens with zero attached hydrogens (tertiary/aromatic N) is 1. The summed E-state index contributed by atoms with van der Waals surface area (Å²) in [6.07, 6.45) is 1.83. The van der Waals surface area contributed by atoms with Gasteiger partial charge in [0.05, 0.1) is 20.2 Å². The van der Waals surface area contributed by atoms with Gasteiger partial charge in [0, 0.05) is 6.54 Å². The first-order valence-corrected chi connectivity index (χ1v) is 6.79. The zero-order valence-corrected chi connectivity index (χ0v) is 12.5. The molecule has 0 rings (SSSR count). The lowest BCUT2D eigenvalue weighted by Gasteiger charge is -2.25. The van der Waals surface area contributed by atoms with Crippen molar-refractivity contribution in [2.75, 3.05) is 33.3 Å². The summed E-state index contributed by atoms with van der Waals surface area (Å²) in [4.78, 5) is 35.9. The Kier molecular flexibility index (Phi) is 9.36. The van der Waals surface area contributed by atoms with E-state index in [1.807, 2.05) is 13.8 Å². The van der Waals surface area contributed by atoms with Crippen molar-refractivity contribution >= 4 is 17.8 Å². The molecule has 0 spiro atoms. The third-order valence-corrected chi connectivity index (χ3v) is 3.16. The number of hydrogen-bond donors (Lipinski definition) is 2. The molecule has 0 aromatic carbocycles. The molecule has 2 amide bonds. The highest BCUT2D eigenvalue weighted by atomic mass is 16.5. The molecular formula is C13H25N3O4. The first-order chi connectivity index (χ1) is 9.48. The fourth-order valence-corrected chi connectivity index (χ4v) is 1.69. The number of hydrogen-bond acceptors (Lipinski definition) is 5. The van der Waals surface area contributed by atoms with Crippen molar-refractivity contribution in [3.8, 4) is 0 Å². The highest BCUT2D eigenvalue weighted by Crippen LogP contribution is 2.10. The van der Waals surface area contributed by atoms with Crippen molar-refractivity contribution < 1.29 is 19.1 Å². The number of nitrogens with one attached hydrogen (secondary N) is 1. The molecule has 7 heteroatoms. The average Bonchev–Trinajstić information content (AvgIpc) is 2.47. The minimum Gasteiger partial charge on any atom is -0.468 e. The fourth-order valence-electron chi connectivity index (χ4n) is 1.69. The molecule has 0 fully saturated rings. The number of methoxy groups -OCH3 is 1. The first kappa shape index (κ1) is 18.4. The number of carbonyl (C=O) groups is 3. The summed E-state index contributed by atoms with van der Waals surface area (Å²) in [6, 6.07) is 0. The van der Waals surface area contributed by atoms with E-state index in [9.17, 15) is 14.4 Å². The highest BCUT2D eigenvalue weighted by molar-refractivity contribution is 5.87. The van der Waals surface area contributed by atoms with E-state index in [0.29, 0.717) is 12.5 Å². The molecule has 0 heterocycles. The molecule has 0 unspecified atom stereocenters. The monoisotopic (exact) mass is 287 g/mol. The Balaban J connectivity index is 4.60. The molecule has 0 atom stereocenters. The number of esters is 1. The van der Waals surface area contributed by atoms with E-state index in [0.717, 1.165) is 12.8 Å². The zero-order valence-electron chi connectivity index (χ0n) is 12.5. The van der Waals surface area contributed by atoms with Crippen molar-refractivity contribution in [3.63, 3.8) is 0 Å². The van der Waals surface area contributed by atoms with Crippen LogP contribution >= 0.6 is 0 Å². The Bertz CT molecular complexity index is 330. The van der Waals surface area contributed by atoms with E-state index < -0.39 is 11.9 Å².